The molecule has 0 aliphatic carbocycles. The molecule has 8 nitrogen and oxygen atoms in total. The maximum atomic E-state index is 16.3. The number of ether oxygens (including phenoxy) is 1. The van der Waals surface area contributed by atoms with Crippen molar-refractivity contribution in [2.45, 2.75) is 62.8 Å². The Bertz CT molecular complexity index is 1850. The van der Waals surface area contributed by atoms with Crippen molar-refractivity contribution < 1.29 is 23.8 Å². The number of nitrogens with one attached hydrogen (secondary N) is 1. The summed E-state index contributed by atoms with van der Waals surface area (Å²) in [6, 6.07) is 14.9. The van der Waals surface area contributed by atoms with Crippen molar-refractivity contribution in [1.82, 2.24) is 14.5 Å². The Kier molecular flexibility index (Phi) is 6.82. The van der Waals surface area contributed by atoms with Gasteiger partial charge in [0, 0.05) is 47.2 Å². The Morgan fingerprint density at radius 2 is 1.98 bits per heavy atom. The van der Waals surface area contributed by atoms with E-state index >= 15 is 4.39 Å². The first-order valence-electron chi connectivity index (χ1n) is 14.6. The predicted octanol–water partition coefficient (Wildman–Crippen LogP) is 6.80. The monoisotopic (exact) mass is 636 g/mol. The number of carboxylic acid groups (broad SMARTS) is 1. The van der Waals surface area contributed by atoms with E-state index in [4.69, 9.17) is 32.9 Å². The van der Waals surface area contributed by atoms with Gasteiger partial charge in [-0.05, 0) is 69.2 Å². The number of carboxylic acids is 1. The van der Waals surface area contributed by atoms with Gasteiger partial charge in [0.1, 0.15) is 17.2 Å². The molecule has 0 bridgehead atoms. The van der Waals surface area contributed by atoms with Crippen LogP contribution in [0, 0.1) is 5.82 Å². The Hall–Kier alpha value is -3.50. The molecule has 2 N–H and O–H groups in total. The Morgan fingerprint density at radius 1 is 1.18 bits per heavy atom. The van der Waals surface area contributed by atoms with Crippen molar-refractivity contribution in [1.29, 1.82) is 0 Å². The lowest BCUT2D eigenvalue weighted by Crippen LogP contribution is -2.53. The highest BCUT2D eigenvalue weighted by Crippen LogP contribution is 2.64. The summed E-state index contributed by atoms with van der Waals surface area (Å²) in [5.41, 5.74) is 1.33. The number of rotatable bonds is 5. The summed E-state index contributed by atoms with van der Waals surface area (Å²) in [4.78, 5) is 33.5. The van der Waals surface area contributed by atoms with Crippen LogP contribution in [0.3, 0.4) is 0 Å². The molecule has 7 rings (SSSR count). The fourth-order valence-electron chi connectivity index (χ4n) is 7.66. The smallest absolute Gasteiger partial charge is 0.335 e. The number of nitrogens with zero attached hydrogens (tertiary/aromatic N) is 3. The first-order valence-corrected chi connectivity index (χ1v) is 15.4. The number of carbonyl (C=O) groups is 2. The highest BCUT2D eigenvalue weighted by atomic mass is 35.5. The largest absolute Gasteiger partial charge is 0.478 e. The third kappa shape index (κ3) is 4.28. The van der Waals surface area contributed by atoms with Gasteiger partial charge in [-0.25, -0.2) is 14.2 Å². The number of hydrogen-bond acceptors (Lipinski definition) is 5. The number of amides is 1. The minimum absolute atomic E-state index is 0.0335. The molecule has 0 unspecified atom stereocenters. The highest BCUT2D eigenvalue weighted by molar-refractivity contribution is 6.31. The van der Waals surface area contributed by atoms with Gasteiger partial charge < -0.3 is 19.7 Å². The van der Waals surface area contributed by atoms with Crippen molar-refractivity contribution in [2.75, 3.05) is 18.5 Å². The zero-order chi connectivity index (χ0) is 31.1. The molecule has 3 aromatic carbocycles. The van der Waals surface area contributed by atoms with Gasteiger partial charge in [-0.2, -0.15) is 0 Å². The van der Waals surface area contributed by atoms with E-state index in [1.165, 1.54) is 6.07 Å². The fraction of sp³-hybridized carbons (Fsp3) is 0.364. The van der Waals surface area contributed by atoms with Crippen LogP contribution >= 0.6 is 23.2 Å². The maximum absolute atomic E-state index is 16.3. The van der Waals surface area contributed by atoms with Crippen molar-refractivity contribution >= 4 is 51.8 Å². The van der Waals surface area contributed by atoms with Crippen molar-refractivity contribution in [3.63, 3.8) is 0 Å². The van der Waals surface area contributed by atoms with Crippen LogP contribution in [0.25, 0.3) is 11.0 Å². The number of imidazole rings is 1. The molecule has 1 aromatic heterocycles. The third-order valence-corrected chi connectivity index (χ3v) is 9.75. The molecular weight excluding hydrogens is 606 g/mol. The molecule has 11 heteroatoms. The molecule has 1 spiro atoms. The zero-order valence-corrected chi connectivity index (χ0v) is 25.9. The van der Waals surface area contributed by atoms with Gasteiger partial charge in [-0.1, -0.05) is 41.4 Å². The number of likely N-dealkylation sites (tertiary alicyclic amines) is 1. The number of anilines is 1. The molecule has 0 saturated carbocycles. The Morgan fingerprint density at radius 3 is 2.73 bits per heavy atom. The van der Waals surface area contributed by atoms with Gasteiger partial charge in [0.15, 0.2) is 0 Å². The molecule has 4 heterocycles. The third-order valence-electron chi connectivity index (χ3n) is 9.22. The average Bonchev–Trinajstić information content (AvgIpc) is 3.57. The van der Waals surface area contributed by atoms with E-state index in [1.54, 1.807) is 42.5 Å². The molecule has 4 atom stereocenters. The first kappa shape index (κ1) is 29.2. The van der Waals surface area contributed by atoms with Gasteiger partial charge in [0.05, 0.1) is 33.8 Å². The first-order chi connectivity index (χ1) is 20.9. The number of benzene rings is 3. The van der Waals surface area contributed by atoms with E-state index in [2.05, 4.69) is 14.8 Å². The number of fused-ring (bicyclic) bond motifs is 7. The van der Waals surface area contributed by atoms with E-state index in [1.807, 2.05) is 26.8 Å². The standard InChI is InChI=1S/C33H31Cl2FN4O4/c1-32(2,3)44-14-13-40-25-11-12-39-24-10-7-17(30(41)42)15-23(24)37-29(39)26(25)27(19-5-4-6-21(35)28(19)36)33(40)20-9-8-18(34)16-22(20)38-31(33)43/h4-10,15-16,25-27H,11-14H2,1-3H3,(H,38,43)(H,41,42)/t25-,26+,27-,33+/m0/s1. The number of aromatic carboxylic acids is 1. The van der Waals surface area contributed by atoms with E-state index in [0.717, 1.165) is 5.52 Å². The quantitative estimate of drug-likeness (QED) is 0.250. The second kappa shape index (κ2) is 10.3. The van der Waals surface area contributed by atoms with Crippen LogP contribution in [0.5, 0.6) is 0 Å². The minimum Gasteiger partial charge on any atom is -0.478 e. The molecule has 0 radical (unpaired) electrons. The van der Waals surface area contributed by atoms with Crippen LogP contribution in [0.15, 0.2) is 54.6 Å². The molecule has 228 valence electrons. The molecular formula is C33H31Cl2FN4O4. The molecule has 44 heavy (non-hydrogen) atoms. The summed E-state index contributed by atoms with van der Waals surface area (Å²) in [5.74, 6) is -2.41. The normalized spacial score (nSPS) is 24.4. The van der Waals surface area contributed by atoms with Crippen LogP contribution < -0.4 is 5.32 Å². The lowest BCUT2D eigenvalue weighted by molar-refractivity contribution is -0.129. The maximum Gasteiger partial charge on any atom is 0.335 e. The summed E-state index contributed by atoms with van der Waals surface area (Å²) >= 11 is 12.8. The Balaban J connectivity index is 1.51. The molecule has 4 aromatic rings. The predicted molar refractivity (Wildman–Crippen MR) is 166 cm³/mol. The lowest BCUT2D eigenvalue weighted by atomic mass is 9.70. The van der Waals surface area contributed by atoms with Crippen LogP contribution in [0.4, 0.5) is 10.1 Å². The van der Waals surface area contributed by atoms with Gasteiger partial charge >= 0.3 is 5.97 Å². The van der Waals surface area contributed by atoms with E-state index in [-0.39, 0.29) is 22.5 Å². The summed E-state index contributed by atoms with van der Waals surface area (Å²) in [6.07, 6.45) is 0.649. The lowest BCUT2D eigenvalue weighted by Gasteiger charge is -2.40. The average molecular weight is 638 g/mol. The van der Waals surface area contributed by atoms with Gasteiger partial charge in [0.25, 0.3) is 0 Å². The van der Waals surface area contributed by atoms with Crippen LogP contribution in [0.2, 0.25) is 10.0 Å². The summed E-state index contributed by atoms with van der Waals surface area (Å²) in [5, 5.41) is 13.1. The highest BCUT2D eigenvalue weighted by Gasteiger charge is 2.68. The van der Waals surface area contributed by atoms with Crippen LogP contribution in [0.1, 0.15) is 66.3 Å². The number of halogens is 3. The van der Waals surface area contributed by atoms with Gasteiger partial charge in [-0.15, -0.1) is 0 Å². The molecule has 3 aliphatic rings. The van der Waals surface area contributed by atoms with Gasteiger partial charge in [-0.3, -0.25) is 9.69 Å². The molecule has 1 fully saturated rings. The second-order valence-electron chi connectivity index (χ2n) is 12.7. The van der Waals surface area contributed by atoms with E-state index in [9.17, 15) is 14.7 Å². The number of hydrogen-bond donors (Lipinski definition) is 2. The number of carbonyl (C=O) groups excluding carboxylic acids is 1. The zero-order valence-electron chi connectivity index (χ0n) is 24.4. The van der Waals surface area contributed by atoms with E-state index < -0.39 is 34.8 Å². The topological polar surface area (TPSA) is 96.7 Å². The van der Waals surface area contributed by atoms with Crippen LogP contribution in [-0.2, 0) is 21.6 Å². The molecule has 1 amide bonds. The van der Waals surface area contributed by atoms with Gasteiger partial charge in [0.2, 0.25) is 5.91 Å². The minimum atomic E-state index is -1.33. The van der Waals surface area contributed by atoms with Crippen molar-refractivity contribution in [3.8, 4) is 0 Å². The van der Waals surface area contributed by atoms with Crippen molar-refractivity contribution in [3.05, 3.63) is 93.0 Å². The summed E-state index contributed by atoms with van der Waals surface area (Å²) < 4.78 is 24.5. The Labute approximate surface area is 263 Å². The summed E-state index contributed by atoms with van der Waals surface area (Å²) in [7, 11) is 0. The molecule has 1 saturated heterocycles. The van der Waals surface area contributed by atoms with Crippen molar-refractivity contribution in [2.24, 2.45) is 0 Å². The number of aromatic nitrogens is 2. The summed E-state index contributed by atoms with van der Waals surface area (Å²) in [6.45, 7) is 7.27. The fourth-order valence-corrected chi connectivity index (χ4v) is 8.02. The van der Waals surface area contributed by atoms with Crippen LogP contribution in [-0.4, -0.2) is 56.2 Å². The van der Waals surface area contributed by atoms with E-state index in [0.29, 0.717) is 59.3 Å². The second-order valence-corrected chi connectivity index (χ2v) is 13.5. The molecule has 3 aliphatic heterocycles. The number of aryl methyl sites for hydroxylation is 1. The SMILES string of the molecule is CC(C)(C)OCCN1[C@H]2CCn3c(nc4cc(C(=O)O)ccc43)[C@H]2[C@H](c2cccc(Cl)c2F)[C@]12C(=O)Nc1cc(Cl)ccc12.